The topological polar surface area (TPSA) is 27.6 Å². The molecular weight excluding hydrogens is 361 g/mol. The first-order chi connectivity index (χ1) is 9.13. The van der Waals surface area contributed by atoms with Crippen molar-refractivity contribution in [2.75, 3.05) is 19.6 Å². The quantitative estimate of drug-likeness (QED) is 0.735. The molecule has 0 aromatic carbocycles. The van der Waals surface area contributed by atoms with Crippen LogP contribution >= 0.6 is 24.0 Å². The summed E-state index contributed by atoms with van der Waals surface area (Å²) < 4.78 is 0. The summed E-state index contributed by atoms with van der Waals surface area (Å²) >= 11 is 0. The molecule has 0 spiro atoms. The van der Waals surface area contributed by atoms with Gasteiger partial charge in [-0.15, -0.1) is 24.0 Å². The van der Waals surface area contributed by atoms with Gasteiger partial charge in [0.1, 0.15) is 0 Å². The standard InChI is InChI=1S/C16H27N3.HI/c1-11-3-4-14-8-17-15(19(14)9-11)18-10-16(2)6-12-5-13(12)7-16;/h11-14H,3-10H2,1-2H3,(H,17,18);1H. The van der Waals surface area contributed by atoms with Crippen molar-refractivity contribution in [3.05, 3.63) is 0 Å². The second-order valence-electron chi connectivity index (χ2n) is 7.98. The van der Waals surface area contributed by atoms with Crippen LogP contribution in [-0.2, 0) is 0 Å². The number of rotatable bonds is 2. The predicted molar refractivity (Wildman–Crippen MR) is 93.5 cm³/mol. The minimum absolute atomic E-state index is 0. The molecule has 20 heavy (non-hydrogen) atoms. The molecule has 0 bridgehead atoms. The van der Waals surface area contributed by atoms with E-state index >= 15 is 0 Å². The second kappa shape index (κ2) is 5.33. The van der Waals surface area contributed by atoms with Gasteiger partial charge in [-0.1, -0.05) is 13.8 Å². The second-order valence-corrected chi connectivity index (χ2v) is 7.98. The number of fused-ring (bicyclic) bond motifs is 2. The van der Waals surface area contributed by atoms with Gasteiger partial charge in [-0.2, -0.15) is 0 Å². The number of halogens is 1. The third-order valence-corrected chi connectivity index (χ3v) is 5.92. The molecule has 1 saturated heterocycles. The third-order valence-electron chi connectivity index (χ3n) is 5.92. The van der Waals surface area contributed by atoms with E-state index in [2.05, 4.69) is 24.1 Å². The smallest absolute Gasteiger partial charge is 0.194 e. The molecule has 4 unspecified atom stereocenters. The summed E-state index contributed by atoms with van der Waals surface area (Å²) in [5.74, 6) is 4.18. The first kappa shape index (κ1) is 14.9. The monoisotopic (exact) mass is 389 g/mol. The van der Waals surface area contributed by atoms with Crippen molar-refractivity contribution < 1.29 is 0 Å². The Hall–Kier alpha value is 0. The first-order valence-electron chi connectivity index (χ1n) is 8.18. The van der Waals surface area contributed by atoms with Gasteiger partial charge in [-0.05, 0) is 55.3 Å². The average Bonchev–Trinajstić information content (AvgIpc) is 2.84. The number of nitrogens with one attached hydrogen (secondary N) is 1. The lowest BCUT2D eigenvalue weighted by Crippen LogP contribution is -2.50. The van der Waals surface area contributed by atoms with E-state index in [0.29, 0.717) is 11.5 Å². The lowest BCUT2D eigenvalue weighted by Gasteiger charge is -2.37. The van der Waals surface area contributed by atoms with Crippen LogP contribution in [0.5, 0.6) is 0 Å². The van der Waals surface area contributed by atoms with E-state index in [1.54, 1.807) is 0 Å². The molecule has 4 heteroatoms. The van der Waals surface area contributed by atoms with E-state index in [-0.39, 0.29) is 24.0 Å². The van der Waals surface area contributed by atoms with Crippen molar-refractivity contribution in [1.82, 2.24) is 10.2 Å². The molecular formula is C16H28IN3. The van der Waals surface area contributed by atoms with Crippen LogP contribution in [0.15, 0.2) is 4.99 Å². The van der Waals surface area contributed by atoms with Crippen LogP contribution in [0.25, 0.3) is 0 Å². The van der Waals surface area contributed by atoms with Crippen molar-refractivity contribution >= 4 is 29.9 Å². The van der Waals surface area contributed by atoms with Crippen molar-refractivity contribution in [2.24, 2.45) is 28.2 Å². The summed E-state index contributed by atoms with van der Waals surface area (Å²) in [6.45, 7) is 8.21. The van der Waals surface area contributed by atoms with Crippen molar-refractivity contribution in [3.8, 4) is 0 Å². The fraction of sp³-hybridized carbons (Fsp3) is 0.938. The normalized spacial score (nSPS) is 45.3. The molecule has 0 aromatic rings. The molecule has 1 N–H and O–H groups in total. The number of nitrogens with zero attached hydrogens (tertiary/aromatic N) is 2. The highest BCUT2D eigenvalue weighted by Crippen LogP contribution is 2.59. The van der Waals surface area contributed by atoms with Gasteiger partial charge in [0.15, 0.2) is 5.96 Å². The first-order valence-corrected chi connectivity index (χ1v) is 8.18. The SMILES string of the molecule is CC1CCC2CN=C(NCC3(C)CC4CC4C3)N2C1.I. The fourth-order valence-electron chi connectivity index (χ4n) is 4.69. The summed E-state index contributed by atoms with van der Waals surface area (Å²) in [4.78, 5) is 7.32. The van der Waals surface area contributed by atoms with Crippen LogP contribution < -0.4 is 5.32 Å². The van der Waals surface area contributed by atoms with Gasteiger partial charge in [-0.25, -0.2) is 0 Å². The van der Waals surface area contributed by atoms with Crippen molar-refractivity contribution in [2.45, 2.75) is 52.0 Å². The molecule has 3 fully saturated rings. The van der Waals surface area contributed by atoms with Gasteiger partial charge in [0.25, 0.3) is 0 Å². The maximum atomic E-state index is 4.77. The number of piperidine rings is 1. The van der Waals surface area contributed by atoms with Crippen LogP contribution in [0.2, 0.25) is 0 Å². The summed E-state index contributed by atoms with van der Waals surface area (Å²) in [6.07, 6.45) is 7.11. The van der Waals surface area contributed by atoms with Crippen LogP contribution in [0.4, 0.5) is 0 Å². The van der Waals surface area contributed by atoms with E-state index in [0.717, 1.165) is 30.8 Å². The van der Waals surface area contributed by atoms with Crippen molar-refractivity contribution in [1.29, 1.82) is 0 Å². The van der Waals surface area contributed by atoms with Crippen LogP contribution in [0.3, 0.4) is 0 Å². The Morgan fingerprint density at radius 3 is 2.80 bits per heavy atom. The Morgan fingerprint density at radius 1 is 1.30 bits per heavy atom. The molecule has 0 amide bonds. The van der Waals surface area contributed by atoms with Gasteiger partial charge in [0, 0.05) is 13.1 Å². The minimum Gasteiger partial charge on any atom is -0.356 e. The van der Waals surface area contributed by atoms with Crippen LogP contribution in [-0.4, -0.2) is 36.5 Å². The molecule has 4 aliphatic rings. The Balaban J connectivity index is 0.00000121. The summed E-state index contributed by atoms with van der Waals surface area (Å²) in [7, 11) is 0. The number of aliphatic imine (C=N–C) groups is 1. The molecule has 2 aliphatic heterocycles. The van der Waals surface area contributed by atoms with Crippen molar-refractivity contribution in [3.63, 3.8) is 0 Å². The van der Waals surface area contributed by atoms with Gasteiger partial charge in [0.2, 0.25) is 0 Å². The highest BCUT2D eigenvalue weighted by atomic mass is 127. The molecule has 2 saturated carbocycles. The molecule has 4 rings (SSSR count). The Kier molecular flexibility index (Phi) is 3.97. The average molecular weight is 389 g/mol. The number of hydrogen-bond acceptors (Lipinski definition) is 3. The van der Waals surface area contributed by atoms with Gasteiger partial charge < -0.3 is 10.2 Å². The van der Waals surface area contributed by atoms with E-state index in [4.69, 9.17) is 4.99 Å². The fourth-order valence-corrected chi connectivity index (χ4v) is 4.69. The van der Waals surface area contributed by atoms with Gasteiger partial charge in [-0.3, -0.25) is 4.99 Å². The van der Waals surface area contributed by atoms with E-state index < -0.39 is 0 Å². The summed E-state index contributed by atoms with van der Waals surface area (Å²) in [5.41, 5.74) is 0.537. The minimum atomic E-state index is 0. The van der Waals surface area contributed by atoms with E-state index in [1.807, 2.05) is 0 Å². The maximum absolute atomic E-state index is 4.77. The molecule has 0 radical (unpaired) electrons. The molecule has 3 nitrogen and oxygen atoms in total. The highest BCUT2D eigenvalue weighted by molar-refractivity contribution is 14.0. The molecule has 0 aromatic heterocycles. The Morgan fingerprint density at radius 2 is 2.05 bits per heavy atom. The number of hydrogen-bond donors (Lipinski definition) is 1. The molecule has 2 aliphatic carbocycles. The summed E-state index contributed by atoms with van der Waals surface area (Å²) in [5, 5.41) is 3.70. The highest BCUT2D eigenvalue weighted by Gasteiger charge is 2.51. The lowest BCUT2D eigenvalue weighted by atomic mass is 9.85. The Labute approximate surface area is 140 Å². The van der Waals surface area contributed by atoms with Crippen LogP contribution in [0, 0.1) is 23.2 Å². The molecule has 4 atom stereocenters. The van der Waals surface area contributed by atoms with E-state index in [9.17, 15) is 0 Å². The van der Waals surface area contributed by atoms with Crippen LogP contribution in [0.1, 0.15) is 46.0 Å². The zero-order chi connectivity index (χ0) is 13.0. The Bertz CT molecular complexity index is 399. The molecule has 2 heterocycles. The lowest BCUT2D eigenvalue weighted by molar-refractivity contribution is 0.207. The van der Waals surface area contributed by atoms with E-state index in [1.165, 1.54) is 44.6 Å². The molecule has 114 valence electrons. The maximum Gasteiger partial charge on any atom is 0.194 e. The zero-order valence-electron chi connectivity index (χ0n) is 12.8. The summed E-state index contributed by atoms with van der Waals surface area (Å²) in [6, 6.07) is 0.698. The predicted octanol–water partition coefficient (Wildman–Crippen LogP) is 3.10. The van der Waals surface area contributed by atoms with Gasteiger partial charge in [0.05, 0.1) is 12.6 Å². The zero-order valence-corrected chi connectivity index (χ0v) is 15.1. The third kappa shape index (κ3) is 2.69. The van der Waals surface area contributed by atoms with Gasteiger partial charge >= 0.3 is 0 Å². The number of guanidine groups is 1. The largest absolute Gasteiger partial charge is 0.356 e.